The van der Waals surface area contributed by atoms with E-state index < -0.39 is 0 Å². The van der Waals surface area contributed by atoms with Gasteiger partial charge >= 0.3 is 0 Å². The molecule has 3 atom stereocenters. The van der Waals surface area contributed by atoms with Crippen LogP contribution in [0, 0.1) is 0 Å². The smallest absolute Gasteiger partial charge is 0.237 e. The third-order valence-electron chi connectivity index (χ3n) is 4.16. The first kappa shape index (κ1) is 12.0. The molecule has 18 heavy (non-hydrogen) atoms. The predicted octanol–water partition coefficient (Wildman–Crippen LogP) is 0.0543. The highest BCUT2D eigenvalue weighted by Gasteiger charge is 2.37. The fraction of sp³-hybridized carbons (Fsp3) is 0.846. The number of piperazine rings is 1. The molecule has 0 unspecified atom stereocenters. The molecule has 5 heteroatoms. The molecule has 0 radical (unpaired) electrons. The number of amides is 2. The molecule has 3 N–H and O–H groups in total. The zero-order valence-corrected chi connectivity index (χ0v) is 10.6. The fourth-order valence-corrected chi connectivity index (χ4v) is 2.97. The zero-order valence-electron chi connectivity index (χ0n) is 10.6. The molecule has 0 aromatic heterocycles. The average Bonchev–Trinajstić information content (AvgIpc) is 3.14. The molecular formula is C13H21N3O2. The maximum atomic E-state index is 11.9. The Morgan fingerprint density at radius 2 is 1.89 bits per heavy atom. The summed E-state index contributed by atoms with van der Waals surface area (Å²) in [5.74, 6) is -0.0106. The second kappa shape index (κ2) is 4.88. The van der Waals surface area contributed by atoms with E-state index in [1.807, 2.05) is 0 Å². The lowest BCUT2D eigenvalue weighted by Gasteiger charge is -2.40. The number of nitrogens with one attached hydrogen (secondary N) is 3. The Bertz CT molecular complexity index is 354. The molecule has 3 aliphatic rings. The molecule has 2 aliphatic carbocycles. The fourth-order valence-electron chi connectivity index (χ4n) is 2.97. The lowest BCUT2D eigenvalue weighted by atomic mass is 9.87. The molecule has 0 bridgehead atoms. The standard InChI is InChI=1S/C13H21N3O2/c17-12(14-8-5-6-8)7-11-13(18)16-10-4-2-1-3-9(10)15-11/h8-11,15H,1-7H2,(H,14,17)(H,16,18)/t9-,10-,11-/m0/s1. The van der Waals surface area contributed by atoms with Crippen molar-refractivity contribution < 1.29 is 9.59 Å². The van der Waals surface area contributed by atoms with E-state index in [0.29, 0.717) is 12.1 Å². The van der Waals surface area contributed by atoms with Crippen LogP contribution in [0.4, 0.5) is 0 Å². The van der Waals surface area contributed by atoms with E-state index in [1.54, 1.807) is 0 Å². The zero-order chi connectivity index (χ0) is 12.5. The van der Waals surface area contributed by atoms with Crippen LogP contribution in [0.15, 0.2) is 0 Å². The van der Waals surface area contributed by atoms with Crippen molar-refractivity contribution in [1.82, 2.24) is 16.0 Å². The molecule has 2 saturated carbocycles. The predicted molar refractivity (Wildman–Crippen MR) is 66.9 cm³/mol. The summed E-state index contributed by atoms with van der Waals surface area (Å²) in [5, 5.41) is 9.35. The third kappa shape index (κ3) is 2.66. The van der Waals surface area contributed by atoms with Crippen molar-refractivity contribution in [3.63, 3.8) is 0 Å². The minimum atomic E-state index is -0.344. The van der Waals surface area contributed by atoms with Crippen LogP contribution in [0.25, 0.3) is 0 Å². The molecule has 0 spiro atoms. The van der Waals surface area contributed by atoms with Gasteiger partial charge in [-0.2, -0.15) is 0 Å². The maximum Gasteiger partial charge on any atom is 0.237 e. The summed E-state index contributed by atoms with van der Waals surface area (Å²) in [6, 6.07) is 0.652. The van der Waals surface area contributed by atoms with Gasteiger partial charge < -0.3 is 16.0 Å². The Balaban J connectivity index is 1.54. The van der Waals surface area contributed by atoms with Crippen LogP contribution in [0.5, 0.6) is 0 Å². The van der Waals surface area contributed by atoms with Crippen LogP contribution in [0.2, 0.25) is 0 Å². The summed E-state index contributed by atoms with van der Waals surface area (Å²) in [5.41, 5.74) is 0. The van der Waals surface area contributed by atoms with Gasteiger partial charge in [0.2, 0.25) is 11.8 Å². The molecular weight excluding hydrogens is 230 g/mol. The van der Waals surface area contributed by atoms with Gasteiger partial charge in [0.1, 0.15) is 0 Å². The van der Waals surface area contributed by atoms with Crippen molar-refractivity contribution >= 4 is 11.8 Å². The normalized spacial score (nSPS) is 35.6. The average molecular weight is 251 g/mol. The van der Waals surface area contributed by atoms with Crippen molar-refractivity contribution in [2.75, 3.05) is 0 Å². The lowest BCUT2D eigenvalue weighted by Crippen LogP contribution is -2.65. The summed E-state index contributed by atoms with van der Waals surface area (Å²) in [4.78, 5) is 23.7. The van der Waals surface area contributed by atoms with Crippen LogP contribution < -0.4 is 16.0 Å². The summed E-state index contributed by atoms with van der Waals surface area (Å²) < 4.78 is 0. The number of hydrogen-bond donors (Lipinski definition) is 3. The third-order valence-corrected chi connectivity index (χ3v) is 4.16. The highest BCUT2D eigenvalue weighted by molar-refractivity contribution is 5.89. The van der Waals surface area contributed by atoms with Gasteiger partial charge in [-0.15, -0.1) is 0 Å². The van der Waals surface area contributed by atoms with E-state index in [-0.39, 0.29) is 30.3 Å². The Labute approximate surface area is 107 Å². The number of rotatable bonds is 3. The topological polar surface area (TPSA) is 70.2 Å². The van der Waals surface area contributed by atoms with Gasteiger partial charge in [0.15, 0.2) is 0 Å². The molecule has 1 aliphatic heterocycles. The molecule has 2 amide bonds. The van der Waals surface area contributed by atoms with Gasteiger partial charge in [-0.3, -0.25) is 9.59 Å². The van der Waals surface area contributed by atoms with E-state index in [2.05, 4.69) is 16.0 Å². The summed E-state index contributed by atoms with van der Waals surface area (Å²) in [7, 11) is 0. The SMILES string of the molecule is O=C(C[C@@H]1N[C@H]2CCCC[C@@H]2NC1=O)NC1CC1. The van der Waals surface area contributed by atoms with Crippen LogP contribution in [0.1, 0.15) is 44.9 Å². The summed E-state index contributed by atoms with van der Waals surface area (Å²) >= 11 is 0. The first-order chi connectivity index (χ1) is 8.72. The molecule has 5 nitrogen and oxygen atoms in total. The Kier molecular flexibility index (Phi) is 3.24. The van der Waals surface area contributed by atoms with Crippen LogP contribution in [-0.2, 0) is 9.59 Å². The number of fused-ring (bicyclic) bond motifs is 1. The first-order valence-electron chi connectivity index (χ1n) is 7.08. The quantitative estimate of drug-likeness (QED) is 0.664. The van der Waals surface area contributed by atoms with E-state index in [9.17, 15) is 9.59 Å². The molecule has 1 heterocycles. The van der Waals surface area contributed by atoms with Crippen molar-refractivity contribution in [3.8, 4) is 0 Å². The Hall–Kier alpha value is -1.10. The van der Waals surface area contributed by atoms with Crippen molar-refractivity contribution in [3.05, 3.63) is 0 Å². The first-order valence-corrected chi connectivity index (χ1v) is 7.08. The minimum absolute atomic E-state index is 0.000547. The highest BCUT2D eigenvalue weighted by Crippen LogP contribution is 2.23. The lowest BCUT2D eigenvalue weighted by molar-refractivity contribution is -0.131. The monoisotopic (exact) mass is 251 g/mol. The van der Waals surface area contributed by atoms with Crippen molar-refractivity contribution in [2.24, 2.45) is 0 Å². The number of carbonyl (C=O) groups excluding carboxylic acids is 2. The van der Waals surface area contributed by atoms with E-state index in [0.717, 1.165) is 25.7 Å². The van der Waals surface area contributed by atoms with Gasteiger partial charge in [0.25, 0.3) is 0 Å². The van der Waals surface area contributed by atoms with Crippen molar-refractivity contribution in [2.45, 2.75) is 69.1 Å². The largest absolute Gasteiger partial charge is 0.353 e. The summed E-state index contributed by atoms with van der Waals surface area (Å²) in [6.45, 7) is 0. The minimum Gasteiger partial charge on any atom is -0.353 e. The maximum absolute atomic E-state index is 11.9. The van der Waals surface area contributed by atoms with Gasteiger partial charge in [0, 0.05) is 18.1 Å². The van der Waals surface area contributed by atoms with Gasteiger partial charge in [-0.05, 0) is 25.7 Å². The molecule has 0 aromatic carbocycles. The number of carbonyl (C=O) groups is 2. The second-order valence-corrected chi connectivity index (χ2v) is 5.77. The van der Waals surface area contributed by atoms with Gasteiger partial charge in [0.05, 0.1) is 12.5 Å². The van der Waals surface area contributed by atoms with Crippen LogP contribution in [-0.4, -0.2) is 36.0 Å². The Morgan fingerprint density at radius 3 is 2.61 bits per heavy atom. The molecule has 1 saturated heterocycles. The van der Waals surface area contributed by atoms with Gasteiger partial charge in [-0.25, -0.2) is 0 Å². The van der Waals surface area contributed by atoms with E-state index >= 15 is 0 Å². The molecule has 0 aromatic rings. The highest BCUT2D eigenvalue weighted by atomic mass is 16.2. The van der Waals surface area contributed by atoms with Gasteiger partial charge in [-0.1, -0.05) is 12.8 Å². The molecule has 3 fully saturated rings. The second-order valence-electron chi connectivity index (χ2n) is 5.77. The molecule has 100 valence electrons. The van der Waals surface area contributed by atoms with E-state index in [4.69, 9.17) is 0 Å². The Morgan fingerprint density at radius 1 is 1.17 bits per heavy atom. The van der Waals surface area contributed by atoms with Crippen LogP contribution in [0.3, 0.4) is 0 Å². The number of hydrogen-bond acceptors (Lipinski definition) is 3. The van der Waals surface area contributed by atoms with E-state index in [1.165, 1.54) is 12.8 Å². The van der Waals surface area contributed by atoms with Crippen molar-refractivity contribution in [1.29, 1.82) is 0 Å². The van der Waals surface area contributed by atoms with Crippen LogP contribution >= 0.6 is 0 Å². The summed E-state index contributed by atoms with van der Waals surface area (Å²) in [6.07, 6.45) is 7.00. The molecule has 3 rings (SSSR count).